The van der Waals surface area contributed by atoms with E-state index in [1.807, 2.05) is 12.3 Å². The number of thiophene rings is 1. The Labute approximate surface area is 177 Å². The number of nitrogens with one attached hydrogen (secondary N) is 3. The van der Waals surface area contributed by atoms with Crippen molar-refractivity contribution in [2.75, 3.05) is 13.1 Å². The topological polar surface area (TPSA) is 82.3 Å². The van der Waals surface area contributed by atoms with Gasteiger partial charge in [-0.2, -0.15) is 5.10 Å². The monoisotopic (exact) mass is 412 g/mol. The van der Waals surface area contributed by atoms with E-state index in [1.54, 1.807) is 11.3 Å². The lowest BCUT2D eigenvalue weighted by Crippen LogP contribution is -2.19. The molecule has 0 atom stereocenters. The molecule has 0 saturated carbocycles. The van der Waals surface area contributed by atoms with Crippen LogP contribution in [0.15, 0.2) is 48.7 Å². The fraction of sp³-hybridized carbons (Fsp3) is 0.174. The molecule has 7 heteroatoms. The van der Waals surface area contributed by atoms with E-state index < -0.39 is 0 Å². The van der Waals surface area contributed by atoms with Crippen LogP contribution in [-0.4, -0.2) is 38.2 Å². The molecule has 0 saturated heterocycles. The average molecular weight is 413 g/mol. The average Bonchev–Trinajstić information content (AvgIpc) is 3.51. The molecule has 0 fully saturated rings. The van der Waals surface area contributed by atoms with Gasteiger partial charge >= 0.3 is 0 Å². The van der Waals surface area contributed by atoms with E-state index in [4.69, 9.17) is 4.98 Å². The van der Waals surface area contributed by atoms with Crippen LogP contribution in [-0.2, 0) is 0 Å². The second-order valence-corrected chi connectivity index (χ2v) is 8.86. The Bertz CT molecular complexity index is 1420. The third-order valence-electron chi connectivity index (χ3n) is 5.62. The van der Waals surface area contributed by atoms with Crippen molar-refractivity contribution >= 4 is 39.0 Å². The maximum atomic E-state index is 4.77. The zero-order valence-electron chi connectivity index (χ0n) is 16.5. The van der Waals surface area contributed by atoms with Gasteiger partial charge in [-0.3, -0.25) is 5.10 Å². The number of aromatic amines is 2. The van der Waals surface area contributed by atoms with Crippen LogP contribution in [0.4, 0.5) is 0 Å². The smallest absolute Gasteiger partial charge is 0.178 e. The van der Waals surface area contributed by atoms with E-state index in [0.717, 1.165) is 53.0 Å². The summed E-state index contributed by atoms with van der Waals surface area (Å²) in [5.41, 5.74) is 7.24. The SMILES string of the molecule is Cc1ccc(-c2ccnc3nc(-c4n[nH]c5ccc(C6=CCNCC6)cc45)[nH]c23)s1. The van der Waals surface area contributed by atoms with E-state index in [2.05, 4.69) is 68.8 Å². The highest BCUT2D eigenvalue weighted by Gasteiger charge is 2.17. The molecule has 6 nitrogen and oxygen atoms in total. The summed E-state index contributed by atoms with van der Waals surface area (Å²) in [7, 11) is 0. The molecule has 3 N–H and O–H groups in total. The van der Waals surface area contributed by atoms with Crippen molar-refractivity contribution in [3.63, 3.8) is 0 Å². The summed E-state index contributed by atoms with van der Waals surface area (Å²) in [6, 6.07) is 12.8. The fourth-order valence-corrected chi connectivity index (χ4v) is 4.99. The standard InChI is InChI=1S/C23H20N6S/c1-13-2-5-19(30-13)16-8-11-25-22-20(16)26-23(27-22)21-17-12-15(3-4-18(17)28-29-21)14-6-9-24-10-7-14/h2-6,8,11-12,24H,7,9-10H2,1H3,(H,28,29)(H,25,26,27). The molecule has 0 bridgehead atoms. The molecule has 1 aromatic carbocycles. The van der Waals surface area contributed by atoms with Gasteiger partial charge in [-0.05, 0) is 61.4 Å². The summed E-state index contributed by atoms with van der Waals surface area (Å²) in [4.78, 5) is 15.2. The Balaban J connectivity index is 1.49. The molecule has 5 aromatic rings. The van der Waals surface area contributed by atoms with Crippen molar-refractivity contribution in [2.24, 2.45) is 0 Å². The fourth-order valence-electron chi connectivity index (χ4n) is 4.09. The number of aryl methyl sites for hydroxylation is 1. The van der Waals surface area contributed by atoms with E-state index in [0.29, 0.717) is 5.65 Å². The molecular formula is C23H20N6S. The zero-order chi connectivity index (χ0) is 20.1. The van der Waals surface area contributed by atoms with Crippen LogP contribution in [0.25, 0.3) is 49.6 Å². The first-order valence-corrected chi connectivity index (χ1v) is 10.9. The van der Waals surface area contributed by atoms with Gasteiger partial charge in [0.1, 0.15) is 5.69 Å². The van der Waals surface area contributed by atoms with Gasteiger partial charge in [0.25, 0.3) is 0 Å². The number of imidazole rings is 1. The molecule has 1 aliphatic heterocycles. The molecule has 0 radical (unpaired) electrons. The largest absolute Gasteiger partial charge is 0.335 e. The molecule has 0 amide bonds. The predicted molar refractivity (Wildman–Crippen MR) is 122 cm³/mol. The first kappa shape index (κ1) is 17.6. The molecule has 148 valence electrons. The van der Waals surface area contributed by atoms with Crippen LogP contribution >= 0.6 is 11.3 Å². The minimum absolute atomic E-state index is 0.710. The lowest BCUT2D eigenvalue weighted by molar-refractivity contribution is 0.739. The summed E-state index contributed by atoms with van der Waals surface area (Å²) in [5.74, 6) is 0.737. The second-order valence-electron chi connectivity index (χ2n) is 7.57. The molecule has 30 heavy (non-hydrogen) atoms. The van der Waals surface area contributed by atoms with Crippen LogP contribution in [0.3, 0.4) is 0 Å². The van der Waals surface area contributed by atoms with Crippen molar-refractivity contribution in [1.82, 2.24) is 30.5 Å². The normalized spacial score (nSPS) is 14.5. The molecular weight excluding hydrogens is 392 g/mol. The highest BCUT2D eigenvalue weighted by molar-refractivity contribution is 7.15. The quantitative estimate of drug-likeness (QED) is 0.393. The van der Waals surface area contributed by atoms with Gasteiger partial charge in [0.2, 0.25) is 0 Å². The number of nitrogens with zero attached hydrogens (tertiary/aromatic N) is 3. The molecule has 0 aliphatic carbocycles. The first-order valence-electron chi connectivity index (χ1n) is 10.1. The van der Waals surface area contributed by atoms with Crippen LogP contribution < -0.4 is 5.32 Å². The van der Waals surface area contributed by atoms with E-state index in [1.165, 1.54) is 20.9 Å². The lowest BCUT2D eigenvalue weighted by Gasteiger charge is -2.14. The third kappa shape index (κ3) is 2.86. The molecule has 6 rings (SSSR count). The van der Waals surface area contributed by atoms with Gasteiger partial charge in [0.15, 0.2) is 11.5 Å². The number of H-pyrrole nitrogens is 2. The first-order chi connectivity index (χ1) is 14.8. The number of pyridine rings is 1. The van der Waals surface area contributed by atoms with E-state index >= 15 is 0 Å². The van der Waals surface area contributed by atoms with E-state index in [9.17, 15) is 0 Å². The summed E-state index contributed by atoms with van der Waals surface area (Å²) >= 11 is 1.77. The van der Waals surface area contributed by atoms with Gasteiger partial charge in [-0.1, -0.05) is 12.1 Å². The maximum absolute atomic E-state index is 4.77. The Hall–Kier alpha value is -3.29. The molecule has 0 unspecified atom stereocenters. The minimum Gasteiger partial charge on any atom is -0.335 e. The number of hydrogen-bond acceptors (Lipinski definition) is 5. The van der Waals surface area contributed by atoms with Crippen LogP contribution in [0.5, 0.6) is 0 Å². The van der Waals surface area contributed by atoms with Crippen molar-refractivity contribution in [3.8, 4) is 22.0 Å². The van der Waals surface area contributed by atoms with Crippen molar-refractivity contribution in [2.45, 2.75) is 13.3 Å². The molecule has 5 heterocycles. The van der Waals surface area contributed by atoms with Crippen molar-refractivity contribution < 1.29 is 0 Å². The number of benzene rings is 1. The Morgan fingerprint density at radius 2 is 2.07 bits per heavy atom. The number of fused-ring (bicyclic) bond motifs is 2. The van der Waals surface area contributed by atoms with Crippen LogP contribution in [0.1, 0.15) is 16.9 Å². The number of hydrogen-bond donors (Lipinski definition) is 3. The van der Waals surface area contributed by atoms with Crippen molar-refractivity contribution in [1.29, 1.82) is 0 Å². The van der Waals surface area contributed by atoms with E-state index in [-0.39, 0.29) is 0 Å². The van der Waals surface area contributed by atoms with Gasteiger partial charge in [-0.15, -0.1) is 11.3 Å². The summed E-state index contributed by atoms with van der Waals surface area (Å²) in [6.07, 6.45) is 5.13. The van der Waals surface area contributed by atoms with Gasteiger partial charge in [0.05, 0.1) is 11.0 Å². The predicted octanol–water partition coefficient (Wildman–Crippen LogP) is 4.91. The summed E-state index contributed by atoms with van der Waals surface area (Å²) < 4.78 is 0. The molecule has 4 aromatic heterocycles. The lowest BCUT2D eigenvalue weighted by atomic mass is 9.98. The number of aromatic nitrogens is 5. The number of rotatable bonds is 3. The summed E-state index contributed by atoms with van der Waals surface area (Å²) in [5, 5.41) is 12.2. The van der Waals surface area contributed by atoms with Gasteiger partial charge in [0, 0.05) is 33.4 Å². The van der Waals surface area contributed by atoms with Gasteiger partial charge < -0.3 is 10.3 Å². The van der Waals surface area contributed by atoms with Gasteiger partial charge in [-0.25, -0.2) is 9.97 Å². The zero-order valence-corrected chi connectivity index (χ0v) is 17.3. The molecule has 1 aliphatic rings. The minimum atomic E-state index is 0.710. The van der Waals surface area contributed by atoms with Crippen molar-refractivity contribution in [3.05, 3.63) is 59.1 Å². The Morgan fingerprint density at radius 1 is 1.10 bits per heavy atom. The summed E-state index contributed by atoms with van der Waals surface area (Å²) in [6.45, 7) is 4.06. The maximum Gasteiger partial charge on any atom is 0.178 e. The Kier molecular flexibility index (Phi) is 4.04. The third-order valence-corrected chi connectivity index (χ3v) is 6.65. The highest BCUT2D eigenvalue weighted by Crippen LogP contribution is 2.34. The second kappa shape index (κ2) is 6.90. The van der Waals surface area contributed by atoms with Crippen LogP contribution in [0, 0.1) is 6.92 Å². The van der Waals surface area contributed by atoms with Crippen LogP contribution in [0.2, 0.25) is 0 Å². The Morgan fingerprint density at radius 3 is 2.90 bits per heavy atom. The highest BCUT2D eigenvalue weighted by atomic mass is 32.1. The molecule has 0 spiro atoms.